The van der Waals surface area contributed by atoms with Gasteiger partial charge in [-0.15, -0.1) is 0 Å². The minimum absolute atomic E-state index is 0.0575. The number of nitrogens with zero attached hydrogens (tertiary/aromatic N) is 2. The smallest absolute Gasteiger partial charge is 0.409 e. The summed E-state index contributed by atoms with van der Waals surface area (Å²) in [4.78, 5) is 54.2. The van der Waals surface area contributed by atoms with Gasteiger partial charge in [0.2, 0.25) is 5.91 Å². The van der Waals surface area contributed by atoms with Gasteiger partial charge in [-0.1, -0.05) is 42.3 Å². The fraction of sp³-hybridized carbons (Fsp3) is 0.576. The molecule has 48 heavy (non-hydrogen) atoms. The zero-order chi connectivity index (χ0) is 35.7. The number of methoxy groups -OCH3 is 2. The van der Waals surface area contributed by atoms with E-state index >= 15 is 0 Å². The summed E-state index contributed by atoms with van der Waals surface area (Å²) < 4.78 is 28.8. The number of ether oxygens (including phenoxy) is 5. The Morgan fingerprint density at radius 2 is 1.96 bits per heavy atom. The third kappa shape index (κ3) is 7.56. The van der Waals surface area contributed by atoms with Gasteiger partial charge in [0, 0.05) is 33.5 Å². The summed E-state index contributed by atoms with van der Waals surface area (Å²) in [6, 6.07) is 1.64. The topological polar surface area (TPSA) is 182 Å². The van der Waals surface area contributed by atoms with Gasteiger partial charge in [-0.25, -0.2) is 14.4 Å². The van der Waals surface area contributed by atoms with Crippen molar-refractivity contribution in [2.45, 2.75) is 88.7 Å². The van der Waals surface area contributed by atoms with Crippen molar-refractivity contribution in [2.75, 3.05) is 33.2 Å². The lowest BCUT2D eigenvalue weighted by molar-refractivity contribution is -0.158. The monoisotopic (exact) mass is 692 g/mol. The maximum absolute atomic E-state index is 13.9. The number of halogens is 1. The summed E-state index contributed by atoms with van der Waals surface area (Å²) in [5.41, 5.74) is 4.43. The van der Waals surface area contributed by atoms with E-state index in [4.69, 9.17) is 41.0 Å². The number of carbonyl (C=O) groups is 4. The highest BCUT2D eigenvalue weighted by atomic mass is 35.5. The van der Waals surface area contributed by atoms with Crippen LogP contribution in [0.15, 0.2) is 35.9 Å². The molecule has 0 saturated carbocycles. The van der Waals surface area contributed by atoms with Crippen LogP contribution in [0.25, 0.3) is 0 Å². The number of likely N-dealkylation sites (N-methyl/N-ethyl adjacent to an activating group) is 1. The normalized spacial score (nSPS) is 33.2. The molecule has 1 aromatic carbocycles. The summed E-state index contributed by atoms with van der Waals surface area (Å²) >= 11 is 6.70. The number of primary amides is 1. The van der Waals surface area contributed by atoms with Crippen molar-refractivity contribution in [1.29, 1.82) is 0 Å². The molecule has 15 heteroatoms. The summed E-state index contributed by atoms with van der Waals surface area (Å²) in [6.45, 7) is 6.82. The molecule has 2 saturated heterocycles. The molecule has 8 atom stereocenters. The van der Waals surface area contributed by atoms with Crippen LogP contribution in [0.1, 0.15) is 46.1 Å². The lowest BCUT2D eigenvalue weighted by atomic mass is 9.83. The molecule has 0 aromatic heterocycles. The Balaban J connectivity index is 1.80. The van der Waals surface area contributed by atoms with Gasteiger partial charge in [-0.2, -0.15) is 0 Å². The number of aliphatic hydroxyl groups is 1. The van der Waals surface area contributed by atoms with Crippen molar-refractivity contribution < 1.29 is 48.0 Å². The molecule has 4 bridgehead atoms. The molecule has 3 heterocycles. The predicted octanol–water partition coefficient (Wildman–Crippen LogP) is 3.07. The highest BCUT2D eigenvalue weighted by molar-refractivity contribution is 6.35. The zero-order valence-corrected chi connectivity index (χ0v) is 29.2. The van der Waals surface area contributed by atoms with Gasteiger partial charge in [-0.05, 0) is 44.9 Å². The maximum Gasteiger partial charge on any atom is 0.409 e. The average Bonchev–Trinajstić information content (AvgIpc) is 3.73. The number of nitrogens with one attached hydrogen (secondary N) is 1. The number of amides is 4. The van der Waals surface area contributed by atoms with Gasteiger partial charge in [0.1, 0.15) is 40.7 Å². The molecule has 1 aromatic rings. The zero-order valence-electron chi connectivity index (χ0n) is 28.4. The first-order valence-electron chi connectivity index (χ1n) is 15.6. The van der Waals surface area contributed by atoms with Crippen LogP contribution >= 0.6 is 11.6 Å². The number of benzene rings is 1. The van der Waals surface area contributed by atoms with Crippen molar-refractivity contribution in [1.82, 2.24) is 10.2 Å². The quantitative estimate of drug-likeness (QED) is 0.306. The van der Waals surface area contributed by atoms with Crippen LogP contribution in [0.4, 0.5) is 15.3 Å². The van der Waals surface area contributed by atoms with Crippen LogP contribution in [0.3, 0.4) is 0 Å². The molecule has 4 N–H and O–H groups in total. The number of allylic oxidation sites excluding steroid dienone is 3. The van der Waals surface area contributed by atoms with Crippen LogP contribution in [-0.2, 0) is 35.0 Å². The third-order valence-electron chi connectivity index (χ3n) is 9.48. The molecule has 4 rings (SSSR count). The van der Waals surface area contributed by atoms with Gasteiger partial charge >= 0.3 is 18.1 Å². The number of epoxide rings is 1. The van der Waals surface area contributed by atoms with Crippen molar-refractivity contribution >= 4 is 41.3 Å². The molecule has 3 aliphatic rings. The number of rotatable bonds is 5. The highest BCUT2D eigenvalue weighted by Gasteiger charge is 2.64. The van der Waals surface area contributed by atoms with Gasteiger partial charge in [0.15, 0.2) is 5.72 Å². The Labute approximate surface area is 285 Å². The van der Waals surface area contributed by atoms with Crippen LogP contribution in [0.5, 0.6) is 5.75 Å². The Morgan fingerprint density at radius 1 is 1.27 bits per heavy atom. The van der Waals surface area contributed by atoms with Crippen LogP contribution in [0.2, 0.25) is 5.02 Å². The molecule has 0 radical (unpaired) electrons. The van der Waals surface area contributed by atoms with Gasteiger partial charge < -0.3 is 44.3 Å². The molecule has 2 fully saturated rings. The molecule has 3 aliphatic heterocycles. The van der Waals surface area contributed by atoms with E-state index in [0.717, 1.165) is 16.0 Å². The van der Waals surface area contributed by atoms with Crippen molar-refractivity contribution in [3.8, 4) is 5.75 Å². The molecular formula is C33H45ClN4O10. The first-order valence-corrected chi connectivity index (χ1v) is 15.9. The number of urea groups is 1. The van der Waals surface area contributed by atoms with Gasteiger partial charge in [-0.3, -0.25) is 10.1 Å². The van der Waals surface area contributed by atoms with E-state index < -0.39 is 71.7 Å². The second-order valence-corrected chi connectivity index (χ2v) is 13.2. The van der Waals surface area contributed by atoms with E-state index in [1.54, 1.807) is 45.2 Å². The largest absolute Gasteiger partial charge is 0.495 e. The third-order valence-corrected chi connectivity index (χ3v) is 9.86. The summed E-state index contributed by atoms with van der Waals surface area (Å²) in [5, 5.41) is 14.3. The molecule has 14 nitrogen and oxygen atoms in total. The number of fused-ring (bicyclic) bond motifs is 5. The number of anilines is 1. The minimum atomic E-state index is -1.83. The number of carbonyl (C=O) groups excluding carboxylic acids is 4. The number of hydrogen-bond donors (Lipinski definition) is 3. The van der Waals surface area contributed by atoms with E-state index in [9.17, 15) is 24.3 Å². The van der Waals surface area contributed by atoms with Crippen molar-refractivity contribution in [3.63, 3.8) is 0 Å². The Kier molecular flexibility index (Phi) is 11.0. The average molecular weight is 693 g/mol. The van der Waals surface area contributed by atoms with Crippen LogP contribution in [-0.4, -0.2) is 104 Å². The number of alkyl carbamates (subject to hydrolysis) is 1. The molecule has 0 spiro atoms. The van der Waals surface area contributed by atoms with Gasteiger partial charge in [0.05, 0.1) is 25.3 Å². The Hall–Kier alpha value is -3.85. The predicted molar refractivity (Wildman–Crippen MR) is 176 cm³/mol. The SMILES string of the molecule is COc1cc2cc(c1Cl)N(C)C(=O)CC(OC(=O)C(C)N(C)C(N)=O)C1(C)OC1C(C)C1CC(O)(NC(=O)O1)C(OC)/C=C/C=C(\C)C2. The first-order chi connectivity index (χ1) is 22.4. The molecule has 4 amide bonds. The minimum Gasteiger partial charge on any atom is -0.495 e. The van der Waals surface area contributed by atoms with E-state index in [1.807, 2.05) is 13.0 Å². The highest BCUT2D eigenvalue weighted by Crippen LogP contribution is 2.49. The Morgan fingerprint density at radius 3 is 2.58 bits per heavy atom. The van der Waals surface area contributed by atoms with Crippen LogP contribution in [0, 0.1) is 5.92 Å². The van der Waals surface area contributed by atoms with E-state index in [-0.39, 0.29) is 17.9 Å². The van der Waals surface area contributed by atoms with Gasteiger partial charge in [0.25, 0.3) is 0 Å². The molecule has 0 aliphatic carbocycles. The second-order valence-electron chi connectivity index (χ2n) is 12.8. The summed E-state index contributed by atoms with van der Waals surface area (Å²) in [7, 11) is 5.81. The second kappa shape index (κ2) is 14.3. The van der Waals surface area contributed by atoms with Crippen molar-refractivity contribution in [2.24, 2.45) is 11.7 Å². The molecular weight excluding hydrogens is 648 g/mol. The fourth-order valence-electron chi connectivity index (χ4n) is 6.19. The fourth-order valence-corrected chi connectivity index (χ4v) is 6.51. The maximum atomic E-state index is 13.9. The van der Waals surface area contributed by atoms with Crippen LogP contribution < -0.4 is 20.7 Å². The van der Waals surface area contributed by atoms with E-state index in [0.29, 0.717) is 17.9 Å². The first kappa shape index (κ1) is 37.0. The molecule has 8 unspecified atom stereocenters. The van der Waals surface area contributed by atoms with E-state index in [2.05, 4.69) is 5.32 Å². The number of hydrogen-bond acceptors (Lipinski definition) is 10. The summed E-state index contributed by atoms with van der Waals surface area (Å²) in [6.07, 6.45) is 0.833. The molecule has 264 valence electrons. The standard InChI is InChI=1S/C33H45ClN4O10/c1-17-10-9-11-24(45-8)33(43)16-23(46-31(42)36-33)18(2)28-32(4,48-28)25(47-29(40)19(3)37(5)30(35)41)15-26(39)38(6)21-13-20(12-17)14-22(44-7)27(21)34/h9-11,13-14,18-19,23-25,28,43H,12,15-16H2,1-8H3,(H2,35,41)(H,36,42)/b11-9+,17-10+. The number of nitrogens with two attached hydrogens (primary N) is 1. The Bertz CT molecular complexity index is 1500. The summed E-state index contributed by atoms with van der Waals surface area (Å²) in [5.74, 6) is -1.43. The van der Waals surface area contributed by atoms with Crippen molar-refractivity contribution in [3.05, 3.63) is 46.5 Å². The number of esters is 1. The van der Waals surface area contributed by atoms with E-state index in [1.165, 1.54) is 33.1 Å². The lowest BCUT2D eigenvalue weighted by Gasteiger charge is -2.42. The lowest BCUT2D eigenvalue weighted by Crippen LogP contribution is -2.63.